The lowest BCUT2D eigenvalue weighted by molar-refractivity contribution is 0.0899. The van der Waals surface area contributed by atoms with Crippen molar-refractivity contribution in [1.82, 2.24) is 9.55 Å². The average Bonchev–Trinajstić information content (AvgIpc) is 3.26. The Hall–Kier alpha value is -3.77. The summed E-state index contributed by atoms with van der Waals surface area (Å²) in [6, 6.07) is 22.9. The van der Waals surface area contributed by atoms with Crippen molar-refractivity contribution >= 4 is 38.4 Å². The van der Waals surface area contributed by atoms with Crippen molar-refractivity contribution in [1.29, 1.82) is 0 Å². The van der Waals surface area contributed by atoms with Gasteiger partial charge in [0.25, 0.3) is 0 Å². The van der Waals surface area contributed by atoms with Gasteiger partial charge in [0, 0.05) is 49.9 Å². The second-order valence-corrected chi connectivity index (χ2v) is 11.3. The fourth-order valence-corrected chi connectivity index (χ4v) is 5.74. The zero-order valence-electron chi connectivity index (χ0n) is 20.8. The number of hydrogen-bond acceptors (Lipinski definition) is 4. The van der Waals surface area contributed by atoms with Crippen LogP contribution in [-0.2, 0) is 6.42 Å². The number of nitrogens with zero attached hydrogens (tertiary/aromatic N) is 2. The van der Waals surface area contributed by atoms with E-state index in [4.69, 9.17) is 9.72 Å². The molecule has 0 saturated heterocycles. The minimum absolute atomic E-state index is 0.0128. The van der Waals surface area contributed by atoms with E-state index < -0.39 is 0 Å². The van der Waals surface area contributed by atoms with Gasteiger partial charge in [0.15, 0.2) is 11.6 Å². The van der Waals surface area contributed by atoms with E-state index >= 15 is 0 Å². The number of pyridine rings is 1. The number of methoxy groups -OCH3 is 1. The number of ketones is 2. The van der Waals surface area contributed by atoms with E-state index in [-0.39, 0.29) is 17.0 Å². The molecule has 0 saturated carbocycles. The van der Waals surface area contributed by atoms with Crippen LogP contribution in [-0.4, -0.2) is 28.2 Å². The first-order chi connectivity index (χ1) is 17.8. The Kier molecular flexibility index (Phi) is 5.53. The monoisotopic (exact) mass is 552 g/mol. The summed E-state index contributed by atoms with van der Waals surface area (Å²) in [5, 5.41) is 0.862. The molecule has 0 atom stereocenters. The van der Waals surface area contributed by atoms with E-state index in [9.17, 15) is 9.59 Å². The minimum atomic E-state index is -0.249. The van der Waals surface area contributed by atoms with Crippen molar-refractivity contribution in [3.05, 3.63) is 99.7 Å². The Morgan fingerprint density at radius 3 is 2.35 bits per heavy atom. The molecule has 3 aromatic rings. The van der Waals surface area contributed by atoms with Gasteiger partial charge in [-0.1, -0.05) is 48.0 Å². The summed E-state index contributed by atoms with van der Waals surface area (Å²) in [7, 11) is 1.59. The molecule has 37 heavy (non-hydrogen) atoms. The molecule has 184 valence electrons. The number of halogens is 1. The lowest BCUT2D eigenvalue weighted by Gasteiger charge is -2.35. The summed E-state index contributed by atoms with van der Waals surface area (Å²) < 4.78 is 8.34. The maximum Gasteiger partial charge on any atom is 0.194 e. The summed E-state index contributed by atoms with van der Waals surface area (Å²) in [5.74, 6) is 1.16. The van der Waals surface area contributed by atoms with E-state index in [0.29, 0.717) is 46.7 Å². The molecule has 0 N–H and O–H groups in total. The van der Waals surface area contributed by atoms with Crippen LogP contribution in [0.25, 0.3) is 28.0 Å². The van der Waals surface area contributed by atoms with Crippen LogP contribution in [0.4, 0.5) is 0 Å². The van der Waals surface area contributed by atoms with E-state index in [0.717, 1.165) is 26.8 Å². The molecule has 6 heteroatoms. The van der Waals surface area contributed by atoms with Crippen molar-refractivity contribution in [2.75, 3.05) is 7.11 Å². The highest BCUT2D eigenvalue weighted by Crippen LogP contribution is 2.45. The number of carbonyl (C=O) groups excluding carboxylic acids is 2. The van der Waals surface area contributed by atoms with Gasteiger partial charge in [-0.2, -0.15) is 0 Å². The molecule has 1 aliphatic carbocycles. The predicted molar refractivity (Wildman–Crippen MR) is 148 cm³/mol. The first-order valence-electron chi connectivity index (χ1n) is 12.2. The van der Waals surface area contributed by atoms with Crippen molar-refractivity contribution in [2.45, 2.75) is 26.7 Å². The van der Waals surface area contributed by atoms with Gasteiger partial charge in [-0.05, 0) is 66.4 Å². The maximum absolute atomic E-state index is 14.2. The summed E-state index contributed by atoms with van der Waals surface area (Å²) in [4.78, 5) is 33.1. The SMILES string of the molecule is COc1ccc(C(=O)c2c3c(n(-c4ccc(Br)cc4)c4nc5ccccc5c2-4)CC(C)(C)CC3=O)cc1. The number of hydrogen-bond donors (Lipinski definition) is 0. The number of fused-ring (bicyclic) bond motifs is 4. The zero-order valence-corrected chi connectivity index (χ0v) is 22.4. The second kappa shape index (κ2) is 8.67. The molecule has 0 spiro atoms. The molecule has 3 aromatic carbocycles. The number of ether oxygens (including phenoxy) is 1. The van der Waals surface area contributed by atoms with Crippen LogP contribution >= 0.6 is 15.9 Å². The fraction of sp³-hybridized carbons (Fsp3) is 0.194. The van der Waals surface area contributed by atoms with E-state index in [2.05, 4.69) is 34.3 Å². The number of carbonyl (C=O) groups is 2. The van der Waals surface area contributed by atoms with E-state index in [1.54, 1.807) is 31.4 Å². The molecule has 0 amide bonds. The van der Waals surface area contributed by atoms with Gasteiger partial charge in [-0.3, -0.25) is 14.2 Å². The van der Waals surface area contributed by atoms with Crippen molar-refractivity contribution in [3.63, 3.8) is 0 Å². The highest BCUT2D eigenvalue weighted by Gasteiger charge is 2.40. The van der Waals surface area contributed by atoms with Gasteiger partial charge >= 0.3 is 0 Å². The van der Waals surface area contributed by atoms with Crippen LogP contribution in [0.1, 0.15) is 52.2 Å². The third-order valence-electron chi connectivity index (χ3n) is 7.12. The van der Waals surface area contributed by atoms with Crippen LogP contribution < -0.4 is 4.74 Å². The van der Waals surface area contributed by atoms with Gasteiger partial charge in [0.2, 0.25) is 0 Å². The molecule has 5 nitrogen and oxygen atoms in total. The van der Waals surface area contributed by atoms with Crippen LogP contribution in [0.2, 0.25) is 0 Å². The summed E-state index contributed by atoms with van der Waals surface area (Å²) in [5.41, 5.74) is 4.45. The summed E-state index contributed by atoms with van der Waals surface area (Å²) >= 11 is 3.53. The summed E-state index contributed by atoms with van der Waals surface area (Å²) in [6.45, 7) is 4.20. The topological polar surface area (TPSA) is 61.2 Å². The molecular weight excluding hydrogens is 528 g/mol. The molecule has 0 fully saturated rings. The lowest BCUT2D eigenvalue weighted by Crippen LogP contribution is -2.33. The normalized spacial score (nSPS) is 14.6. The van der Waals surface area contributed by atoms with Gasteiger partial charge in [0.1, 0.15) is 11.6 Å². The first kappa shape index (κ1) is 23.6. The highest BCUT2D eigenvalue weighted by molar-refractivity contribution is 9.10. The van der Waals surface area contributed by atoms with E-state index in [1.165, 1.54) is 0 Å². The Morgan fingerprint density at radius 1 is 0.946 bits per heavy atom. The van der Waals surface area contributed by atoms with Crippen molar-refractivity contribution in [3.8, 4) is 22.8 Å². The Labute approximate surface area is 223 Å². The Morgan fingerprint density at radius 2 is 1.65 bits per heavy atom. The van der Waals surface area contributed by atoms with Gasteiger partial charge in [-0.15, -0.1) is 0 Å². The number of aromatic nitrogens is 2. The molecular formula is C31H25BrN2O3. The first-order valence-corrected chi connectivity index (χ1v) is 13.0. The Bertz CT molecular complexity index is 1660. The third kappa shape index (κ3) is 3.87. The standard InChI is InChI=1S/C31H25BrN2O3/c1-31(2)16-24-27(25(35)17-31)28(29(36)18-8-14-21(37-3)15-9-18)26-22-6-4-5-7-23(22)33-30(26)34(24)20-12-10-19(32)11-13-20/h4-15H,16-17H2,1-3H3. The largest absolute Gasteiger partial charge is 0.497 e. The quantitative estimate of drug-likeness (QED) is 0.219. The zero-order chi connectivity index (χ0) is 25.9. The molecule has 0 bridgehead atoms. The number of rotatable bonds is 4. The number of benzene rings is 3. The number of para-hydroxylation sites is 1. The van der Waals surface area contributed by atoms with Crippen LogP contribution in [0.15, 0.2) is 77.3 Å². The third-order valence-corrected chi connectivity index (χ3v) is 7.65. The predicted octanol–water partition coefficient (Wildman–Crippen LogP) is 7.29. The molecule has 0 unspecified atom stereocenters. The molecule has 3 aliphatic rings. The maximum atomic E-state index is 14.2. The minimum Gasteiger partial charge on any atom is -0.497 e. The molecule has 0 aromatic heterocycles. The number of Topliss-reactive ketones (excluding diaryl/α,β-unsaturated/α-hetero) is 1. The molecule has 6 rings (SSSR count). The second-order valence-electron chi connectivity index (χ2n) is 10.3. The molecule has 0 radical (unpaired) electrons. The van der Waals surface area contributed by atoms with Gasteiger partial charge < -0.3 is 4.74 Å². The van der Waals surface area contributed by atoms with E-state index in [1.807, 2.05) is 48.5 Å². The van der Waals surface area contributed by atoms with Crippen LogP contribution in [0.3, 0.4) is 0 Å². The summed E-state index contributed by atoms with van der Waals surface area (Å²) in [6.07, 6.45) is 1.02. The van der Waals surface area contributed by atoms with Crippen molar-refractivity contribution in [2.24, 2.45) is 5.41 Å². The van der Waals surface area contributed by atoms with Gasteiger partial charge in [-0.25, -0.2) is 4.98 Å². The lowest BCUT2D eigenvalue weighted by atomic mass is 9.72. The van der Waals surface area contributed by atoms with Crippen LogP contribution in [0, 0.1) is 5.41 Å². The molecule has 2 aliphatic heterocycles. The Balaban J connectivity index is 1.76. The highest BCUT2D eigenvalue weighted by atomic mass is 79.9. The van der Waals surface area contributed by atoms with Gasteiger partial charge in [0.05, 0.1) is 12.6 Å². The molecule has 2 heterocycles. The van der Waals surface area contributed by atoms with Crippen molar-refractivity contribution < 1.29 is 14.3 Å². The average molecular weight is 553 g/mol. The smallest absolute Gasteiger partial charge is 0.194 e. The fourth-order valence-electron chi connectivity index (χ4n) is 5.48. The van der Waals surface area contributed by atoms with Crippen LogP contribution in [0.5, 0.6) is 5.75 Å².